The number of methoxy groups -OCH3 is 2. The van der Waals surface area contributed by atoms with Crippen molar-refractivity contribution in [3.8, 4) is 11.5 Å². The zero-order valence-electron chi connectivity index (χ0n) is 13.6. The number of esters is 1. The molecule has 5 nitrogen and oxygen atoms in total. The number of rotatable bonds is 6. The first-order chi connectivity index (χ1) is 11.7. The van der Waals surface area contributed by atoms with Crippen LogP contribution in [0.2, 0.25) is 0 Å². The van der Waals surface area contributed by atoms with Crippen molar-refractivity contribution in [3.63, 3.8) is 0 Å². The molecule has 2 aromatic carbocycles. The third kappa shape index (κ3) is 3.51. The average molecular weight is 326 g/mol. The molecule has 0 aliphatic heterocycles. The van der Waals surface area contributed by atoms with E-state index in [9.17, 15) is 4.79 Å². The highest BCUT2D eigenvalue weighted by atomic mass is 16.5. The maximum atomic E-state index is 12.1. The minimum Gasteiger partial charge on any atom is -0.497 e. The van der Waals surface area contributed by atoms with Crippen LogP contribution in [0.5, 0.6) is 11.5 Å². The van der Waals surface area contributed by atoms with E-state index < -0.39 is 0 Å². The molecule has 0 bridgehead atoms. The Morgan fingerprint density at radius 1 is 1.00 bits per heavy atom. The zero-order chi connectivity index (χ0) is 16.9. The second-order valence-electron chi connectivity index (χ2n) is 5.31. The lowest BCUT2D eigenvalue weighted by Gasteiger charge is -2.05. The number of benzene rings is 2. The van der Waals surface area contributed by atoms with E-state index in [1.54, 1.807) is 26.5 Å². The van der Waals surface area contributed by atoms with Crippen molar-refractivity contribution >= 4 is 16.9 Å². The fraction of sp³-hybridized carbons (Fsp3) is 0.211. The molecular weight excluding hydrogens is 308 g/mol. The zero-order valence-corrected chi connectivity index (χ0v) is 13.6. The second-order valence-corrected chi connectivity index (χ2v) is 5.31. The van der Waals surface area contributed by atoms with Gasteiger partial charge in [0.05, 0.1) is 26.9 Å². The summed E-state index contributed by atoms with van der Waals surface area (Å²) in [6, 6.07) is 12.9. The minimum absolute atomic E-state index is 0.162. The number of hydrogen-bond donors (Lipinski definition) is 0. The Morgan fingerprint density at radius 2 is 1.71 bits per heavy atom. The van der Waals surface area contributed by atoms with Gasteiger partial charge in [0, 0.05) is 17.0 Å². The lowest BCUT2D eigenvalue weighted by Crippen LogP contribution is -2.07. The predicted molar refractivity (Wildman–Crippen MR) is 89.3 cm³/mol. The number of furan rings is 1. The van der Waals surface area contributed by atoms with Crippen LogP contribution in [0.1, 0.15) is 11.1 Å². The first kappa shape index (κ1) is 15.9. The van der Waals surface area contributed by atoms with Gasteiger partial charge in [-0.05, 0) is 29.8 Å². The van der Waals surface area contributed by atoms with Crippen LogP contribution in [0.3, 0.4) is 0 Å². The van der Waals surface area contributed by atoms with Gasteiger partial charge in [-0.2, -0.15) is 0 Å². The molecule has 0 fully saturated rings. The molecule has 0 saturated carbocycles. The molecule has 0 N–H and O–H groups in total. The summed E-state index contributed by atoms with van der Waals surface area (Å²) >= 11 is 0. The molecule has 3 rings (SSSR count). The van der Waals surface area contributed by atoms with Gasteiger partial charge in [0.25, 0.3) is 0 Å². The monoisotopic (exact) mass is 326 g/mol. The van der Waals surface area contributed by atoms with E-state index in [2.05, 4.69) is 0 Å². The van der Waals surface area contributed by atoms with E-state index >= 15 is 0 Å². The highest BCUT2D eigenvalue weighted by Crippen LogP contribution is 2.26. The van der Waals surface area contributed by atoms with Crippen LogP contribution in [0.25, 0.3) is 11.0 Å². The molecule has 3 aromatic rings. The summed E-state index contributed by atoms with van der Waals surface area (Å²) in [6.45, 7) is 0.229. The summed E-state index contributed by atoms with van der Waals surface area (Å²) in [4.78, 5) is 12.1. The van der Waals surface area contributed by atoms with Gasteiger partial charge in [-0.1, -0.05) is 12.1 Å². The molecule has 24 heavy (non-hydrogen) atoms. The Bertz CT molecular complexity index is 833. The Labute approximate surface area is 139 Å². The molecule has 0 aliphatic carbocycles. The van der Waals surface area contributed by atoms with Crippen LogP contribution in [-0.4, -0.2) is 20.2 Å². The van der Waals surface area contributed by atoms with Gasteiger partial charge in [0.15, 0.2) is 0 Å². The second kappa shape index (κ2) is 7.08. The highest BCUT2D eigenvalue weighted by Gasteiger charge is 2.12. The Hall–Kier alpha value is -2.95. The van der Waals surface area contributed by atoms with Gasteiger partial charge in [-0.25, -0.2) is 0 Å². The van der Waals surface area contributed by atoms with Crippen LogP contribution in [0.15, 0.2) is 53.1 Å². The van der Waals surface area contributed by atoms with Crippen molar-refractivity contribution < 1.29 is 23.4 Å². The topological polar surface area (TPSA) is 57.9 Å². The fourth-order valence-corrected chi connectivity index (χ4v) is 2.42. The third-order valence-corrected chi connectivity index (χ3v) is 3.76. The van der Waals surface area contributed by atoms with E-state index in [1.165, 1.54) is 0 Å². The van der Waals surface area contributed by atoms with Gasteiger partial charge < -0.3 is 18.6 Å². The molecule has 0 saturated heterocycles. The van der Waals surface area contributed by atoms with E-state index in [0.717, 1.165) is 22.3 Å². The summed E-state index contributed by atoms with van der Waals surface area (Å²) in [5, 5.41) is 0.886. The predicted octanol–water partition coefficient (Wildman–Crippen LogP) is 3.74. The maximum absolute atomic E-state index is 12.1. The fourth-order valence-electron chi connectivity index (χ4n) is 2.42. The number of carbonyl (C=O) groups excluding carboxylic acids is 1. The van der Waals surface area contributed by atoms with Crippen molar-refractivity contribution in [3.05, 3.63) is 59.9 Å². The van der Waals surface area contributed by atoms with Crippen LogP contribution in [-0.2, 0) is 22.6 Å². The first-order valence-electron chi connectivity index (χ1n) is 7.52. The molecule has 1 heterocycles. The van der Waals surface area contributed by atoms with E-state index in [0.29, 0.717) is 11.3 Å². The largest absolute Gasteiger partial charge is 0.497 e. The number of carbonyl (C=O) groups is 1. The number of hydrogen-bond acceptors (Lipinski definition) is 5. The van der Waals surface area contributed by atoms with Crippen LogP contribution in [0, 0.1) is 0 Å². The summed E-state index contributed by atoms with van der Waals surface area (Å²) in [6.07, 6.45) is 1.74. The smallest absolute Gasteiger partial charge is 0.310 e. The van der Waals surface area contributed by atoms with Crippen molar-refractivity contribution in [2.45, 2.75) is 13.0 Å². The lowest BCUT2D eigenvalue weighted by molar-refractivity contribution is -0.144. The van der Waals surface area contributed by atoms with Gasteiger partial charge in [0.1, 0.15) is 23.7 Å². The molecule has 124 valence electrons. The maximum Gasteiger partial charge on any atom is 0.310 e. The summed E-state index contributed by atoms with van der Waals surface area (Å²) in [5.41, 5.74) is 2.39. The normalized spacial score (nSPS) is 10.6. The van der Waals surface area contributed by atoms with Crippen LogP contribution >= 0.6 is 0 Å². The summed E-state index contributed by atoms with van der Waals surface area (Å²) in [7, 11) is 3.21. The van der Waals surface area contributed by atoms with Crippen molar-refractivity contribution in [2.24, 2.45) is 0 Å². The molecule has 0 atom stereocenters. The van der Waals surface area contributed by atoms with E-state index in [-0.39, 0.29) is 19.0 Å². The summed E-state index contributed by atoms with van der Waals surface area (Å²) < 4.78 is 21.1. The van der Waals surface area contributed by atoms with Gasteiger partial charge >= 0.3 is 5.97 Å². The quantitative estimate of drug-likeness (QED) is 0.646. The third-order valence-electron chi connectivity index (χ3n) is 3.76. The Morgan fingerprint density at radius 3 is 2.42 bits per heavy atom. The van der Waals surface area contributed by atoms with Crippen LogP contribution < -0.4 is 9.47 Å². The van der Waals surface area contributed by atoms with E-state index in [4.69, 9.17) is 18.6 Å². The van der Waals surface area contributed by atoms with Gasteiger partial charge in [-0.3, -0.25) is 4.79 Å². The number of fused-ring (bicyclic) bond motifs is 1. The molecule has 0 spiro atoms. The molecular formula is C19H18O5. The Balaban J connectivity index is 1.62. The standard InChI is InChI=1S/C19H18O5/c1-21-15-5-3-13(4-6-15)11-24-19(20)9-14-12-23-18-10-16(22-2)7-8-17(14)18/h3-8,10,12H,9,11H2,1-2H3. The first-order valence-corrected chi connectivity index (χ1v) is 7.52. The SMILES string of the molecule is COc1ccc(COC(=O)Cc2coc3cc(OC)ccc23)cc1. The lowest BCUT2D eigenvalue weighted by atomic mass is 10.1. The van der Waals surface area contributed by atoms with Gasteiger partial charge in [-0.15, -0.1) is 0 Å². The number of ether oxygens (including phenoxy) is 3. The van der Waals surface area contributed by atoms with Crippen molar-refractivity contribution in [2.75, 3.05) is 14.2 Å². The molecule has 1 aromatic heterocycles. The Kier molecular flexibility index (Phi) is 4.70. The molecule has 5 heteroatoms. The summed E-state index contributed by atoms with van der Waals surface area (Å²) in [5.74, 6) is 1.18. The van der Waals surface area contributed by atoms with Crippen LogP contribution in [0.4, 0.5) is 0 Å². The van der Waals surface area contributed by atoms with Crippen molar-refractivity contribution in [1.82, 2.24) is 0 Å². The molecule has 0 aliphatic rings. The molecule has 0 amide bonds. The minimum atomic E-state index is -0.302. The molecule has 0 unspecified atom stereocenters. The van der Waals surface area contributed by atoms with Gasteiger partial charge in [0.2, 0.25) is 0 Å². The average Bonchev–Trinajstić information content (AvgIpc) is 3.02. The molecule has 0 radical (unpaired) electrons. The highest BCUT2D eigenvalue weighted by molar-refractivity contribution is 5.86. The van der Waals surface area contributed by atoms with E-state index in [1.807, 2.05) is 36.4 Å². The van der Waals surface area contributed by atoms with Crippen molar-refractivity contribution in [1.29, 1.82) is 0 Å².